The Balaban J connectivity index is -0.00000000200. The van der Waals surface area contributed by atoms with Gasteiger partial charge in [0.25, 0.3) is 0 Å². The summed E-state index contributed by atoms with van der Waals surface area (Å²) >= 11 is -2.00. The van der Waals surface area contributed by atoms with Crippen molar-refractivity contribution in [1.82, 2.24) is 0 Å². The van der Waals surface area contributed by atoms with Gasteiger partial charge in [0.05, 0.1) is 0 Å². The third-order valence-corrected chi connectivity index (χ3v) is 0. The first-order chi connectivity index (χ1) is 1.41. The Bertz CT molecular complexity index is 31.4. The zero-order valence-electron chi connectivity index (χ0n) is 3.70. The van der Waals surface area contributed by atoms with Gasteiger partial charge in [-0.2, -0.15) is 0 Å². The van der Waals surface area contributed by atoms with E-state index in [0.717, 1.165) is 0 Å². The van der Waals surface area contributed by atoms with Gasteiger partial charge in [-0.15, -0.1) is 0 Å². The first-order valence-corrected chi connectivity index (χ1v) is 2.12. The Hall–Kier alpha value is 1.09. The minimum atomic E-state index is -2.00. The second-order valence-corrected chi connectivity index (χ2v) is 0.433. The quantitative estimate of drug-likeness (QED) is 0.437. The fourth-order valence-electron chi connectivity index (χ4n) is 0. The van der Waals surface area contributed by atoms with Crippen LogP contribution in [0, 0.1) is 0 Å². The minimum absolute atomic E-state index is 0. The molecule has 0 spiro atoms. The molecule has 0 atom stereocenters. The van der Waals surface area contributed by atoms with Crippen molar-refractivity contribution in [2.45, 2.75) is 0 Å². The van der Waals surface area contributed by atoms with Gasteiger partial charge in [0.15, 0.2) is 0 Å². The summed E-state index contributed by atoms with van der Waals surface area (Å²) in [7, 11) is 0. The molecule has 0 heterocycles. The molecule has 40 valence electrons. The van der Waals surface area contributed by atoms with E-state index < -0.39 is 15.3 Å². The van der Waals surface area contributed by atoms with Gasteiger partial charge in [-0.1, -0.05) is 0 Å². The van der Waals surface area contributed by atoms with Crippen molar-refractivity contribution < 1.29 is 24.0 Å². The average molecular weight is 207 g/mol. The van der Waals surface area contributed by atoms with Gasteiger partial charge in [-0.3, -0.25) is 0 Å². The molecule has 0 aliphatic rings. The van der Waals surface area contributed by atoms with Crippen LogP contribution in [0.4, 0.5) is 0 Å². The van der Waals surface area contributed by atoms with Crippen LogP contribution in [0.1, 0.15) is 0 Å². The zero-order chi connectivity index (χ0) is 2.71. The standard InChI is InChI=1S/2Al.GeO2.3O/c;;2-1-3;;;/q2*+3;;3*-2. The zero-order valence-corrected chi connectivity index (χ0v) is 8.10. The van der Waals surface area contributed by atoms with E-state index >= 15 is 0 Å². The summed E-state index contributed by atoms with van der Waals surface area (Å²) in [6.07, 6.45) is 0. The van der Waals surface area contributed by atoms with Crippen molar-refractivity contribution in [2.75, 3.05) is 0 Å². The van der Waals surface area contributed by atoms with E-state index in [1.54, 1.807) is 0 Å². The molecule has 0 N–H and O–H groups in total. The summed E-state index contributed by atoms with van der Waals surface area (Å²) in [6, 6.07) is 0. The van der Waals surface area contributed by atoms with E-state index in [2.05, 4.69) is 0 Å². The molecule has 0 aromatic carbocycles. The number of hydrogen-bond donors (Lipinski definition) is 0. The van der Waals surface area contributed by atoms with Crippen LogP contribution in [0.2, 0.25) is 0 Å². The predicted molar refractivity (Wildman–Crippen MR) is 20.7 cm³/mol. The van der Waals surface area contributed by atoms with Gasteiger partial charge in [0.1, 0.15) is 0 Å². The average Bonchev–Trinajstić information content (AvgIpc) is 0.918. The van der Waals surface area contributed by atoms with Gasteiger partial charge < -0.3 is 16.4 Å². The second kappa shape index (κ2) is 93.2. The topological polar surface area (TPSA) is 120 Å². The maximum absolute atomic E-state index is 8.50. The summed E-state index contributed by atoms with van der Waals surface area (Å²) in [5, 5.41) is 0. The summed E-state index contributed by atoms with van der Waals surface area (Å²) in [6.45, 7) is 0. The molecule has 0 bridgehead atoms. The molecule has 8 heteroatoms. The van der Waals surface area contributed by atoms with Crippen molar-refractivity contribution in [3.63, 3.8) is 0 Å². The van der Waals surface area contributed by atoms with E-state index in [0.29, 0.717) is 0 Å². The molecule has 0 rings (SSSR count). The second-order valence-electron chi connectivity index (χ2n) is 0.0833. The SMILES string of the molecule is [Al+3].[Al+3].[O-2].[O-2].[O-2].[O]=[Ge]=[O]. The monoisotopic (exact) mass is 208 g/mol. The Morgan fingerprint density at radius 2 is 0.750 bits per heavy atom. The third-order valence-electron chi connectivity index (χ3n) is 0. The summed E-state index contributed by atoms with van der Waals surface area (Å²) < 4.78 is 17.0. The Morgan fingerprint density at radius 1 is 0.750 bits per heavy atom. The number of hydrogen-bond acceptors (Lipinski definition) is 2. The van der Waals surface area contributed by atoms with Crippen LogP contribution < -0.4 is 0 Å². The summed E-state index contributed by atoms with van der Waals surface area (Å²) in [5.74, 6) is 0. The molecule has 0 radical (unpaired) electrons. The molecule has 0 aromatic heterocycles. The van der Waals surface area contributed by atoms with Gasteiger partial charge in [0.2, 0.25) is 0 Å². The van der Waals surface area contributed by atoms with Crippen LogP contribution in [0.25, 0.3) is 0 Å². The fraction of sp³-hybridized carbons (Fsp3) is 0. The molecule has 0 amide bonds. The van der Waals surface area contributed by atoms with Crippen molar-refractivity contribution >= 4 is 50.0 Å². The van der Waals surface area contributed by atoms with Gasteiger partial charge in [0, 0.05) is 0 Å². The predicted octanol–water partition coefficient (Wildman–Crippen LogP) is -1.74. The fourth-order valence-corrected chi connectivity index (χ4v) is 0. The van der Waals surface area contributed by atoms with E-state index in [-0.39, 0.29) is 51.2 Å². The van der Waals surface area contributed by atoms with Crippen molar-refractivity contribution in [1.29, 1.82) is 0 Å². The molecule has 0 aliphatic heterocycles. The first kappa shape index (κ1) is 62.3. The van der Waals surface area contributed by atoms with Crippen molar-refractivity contribution in [3.8, 4) is 0 Å². The van der Waals surface area contributed by atoms with Crippen LogP contribution in [-0.4, -0.2) is 50.0 Å². The molecule has 0 aromatic rings. The normalized spacial score (nSPS) is 1.00. The Morgan fingerprint density at radius 3 is 0.750 bits per heavy atom. The summed E-state index contributed by atoms with van der Waals surface area (Å²) in [5.41, 5.74) is 0. The first-order valence-electron chi connectivity index (χ1n) is 0.408. The van der Waals surface area contributed by atoms with Crippen LogP contribution in [0.15, 0.2) is 0 Å². The third kappa shape index (κ3) is 222. The van der Waals surface area contributed by atoms with Crippen LogP contribution >= 0.6 is 0 Å². The Labute approximate surface area is 73.9 Å². The summed E-state index contributed by atoms with van der Waals surface area (Å²) in [4.78, 5) is 0. The van der Waals surface area contributed by atoms with E-state index in [9.17, 15) is 0 Å². The molecule has 0 saturated heterocycles. The van der Waals surface area contributed by atoms with E-state index in [1.165, 1.54) is 0 Å². The molecule has 5 nitrogen and oxygen atoms in total. The van der Waals surface area contributed by atoms with Gasteiger partial charge in [-0.25, -0.2) is 0 Å². The molecular formula is Al2GeO5. The molecule has 0 aliphatic carbocycles. The maximum atomic E-state index is 8.50. The van der Waals surface area contributed by atoms with Gasteiger partial charge >= 0.3 is 57.6 Å². The van der Waals surface area contributed by atoms with Crippen molar-refractivity contribution in [2.24, 2.45) is 0 Å². The van der Waals surface area contributed by atoms with E-state index in [4.69, 9.17) is 7.56 Å². The molecular weight excluding hydrogens is 207 g/mol. The molecule has 8 heavy (non-hydrogen) atoms. The van der Waals surface area contributed by atoms with Crippen LogP contribution in [0.5, 0.6) is 0 Å². The van der Waals surface area contributed by atoms with Crippen LogP contribution in [0.3, 0.4) is 0 Å². The van der Waals surface area contributed by atoms with E-state index in [1.807, 2.05) is 0 Å². The Kier molecular flexibility index (Phi) is 726. The van der Waals surface area contributed by atoms with Crippen molar-refractivity contribution in [3.05, 3.63) is 0 Å². The molecule has 0 saturated carbocycles. The van der Waals surface area contributed by atoms with Gasteiger partial charge in [-0.05, 0) is 0 Å². The van der Waals surface area contributed by atoms with Crippen LogP contribution in [-0.2, 0) is 24.0 Å². The number of rotatable bonds is 0. The molecule has 0 unspecified atom stereocenters. The molecule has 0 fully saturated rings.